The second kappa shape index (κ2) is 6.95. The zero-order chi connectivity index (χ0) is 16.2. The van der Waals surface area contributed by atoms with Gasteiger partial charge < -0.3 is 4.74 Å². The van der Waals surface area contributed by atoms with E-state index >= 15 is 0 Å². The van der Waals surface area contributed by atoms with E-state index in [4.69, 9.17) is 4.74 Å². The summed E-state index contributed by atoms with van der Waals surface area (Å²) in [5.41, 5.74) is 2.32. The number of pyridine rings is 1. The topological polar surface area (TPSA) is 51.1 Å². The highest BCUT2D eigenvalue weighted by molar-refractivity contribution is 5.05. The van der Waals surface area contributed by atoms with E-state index in [9.17, 15) is 0 Å². The summed E-state index contributed by atoms with van der Waals surface area (Å²) < 4.78 is 6.27. The molecule has 4 heterocycles. The smallest absolute Gasteiger partial charge is 0.0710 e. The molecule has 0 bridgehead atoms. The van der Waals surface area contributed by atoms with E-state index in [2.05, 4.69) is 32.0 Å². The Morgan fingerprint density at radius 2 is 1.96 bits per heavy atom. The van der Waals surface area contributed by atoms with E-state index in [1.54, 1.807) is 12.4 Å². The molecular weight excluding hydrogens is 300 g/mol. The maximum absolute atomic E-state index is 6.27. The third-order valence-electron chi connectivity index (χ3n) is 5.28. The average Bonchev–Trinajstić information content (AvgIpc) is 3.01. The van der Waals surface area contributed by atoms with Crippen molar-refractivity contribution >= 4 is 0 Å². The molecular formula is C19H24N4O. The van der Waals surface area contributed by atoms with E-state index in [0.717, 1.165) is 63.3 Å². The van der Waals surface area contributed by atoms with Crippen LogP contribution in [0.3, 0.4) is 0 Å². The fourth-order valence-electron chi connectivity index (χ4n) is 3.99. The van der Waals surface area contributed by atoms with Gasteiger partial charge in [0, 0.05) is 44.4 Å². The lowest BCUT2D eigenvalue weighted by atomic mass is 9.84. The van der Waals surface area contributed by atoms with Crippen molar-refractivity contribution in [2.45, 2.75) is 37.8 Å². The molecule has 0 saturated carbocycles. The van der Waals surface area contributed by atoms with Gasteiger partial charge in [0.1, 0.15) is 0 Å². The van der Waals surface area contributed by atoms with Crippen molar-refractivity contribution in [3.05, 3.63) is 54.4 Å². The van der Waals surface area contributed by atoms with Gasteiger partial charge in [-0.15, -0.1) is 0 Å². The van der Waals surface area contributed by atoms with Crippen LogP contribution in [0.4, 0.5) is 0 Å². The van der Waals surface area contributed by atoms with Crippen molar-refractivity contribution in [3.63, 3.8) is 0 Å². The molecule has 0 radical (unpaired) electrons. The maximum atomic E-state index is 6.27. The maximum Gasteiger partial charge on any atom is 0.0710 e. The highest BCUT2D eigenvalue weighted by Crippen LogP contribution is 2.39. The Kier molecular flexibility index (Phi) is 4.54. The lowest BCUT2D eigenvalue weighted by molar-refractivity contribution is -0.0452. The van der Waals surface area contributed by atoms with Gasteiger partial charge in [-0.3, -0.25) is 19.9 Å². The Morgan fingerprint density at radius 3 is 2.71 bits per heavy atom. The van der Waals surface area contributed by atoms with Crippen LogP contribution in [0.15, 0.2) is 43.0 Å². The number of rotatable bonds is 4. The van der Waals surface area contributed by atoms with Crippen LogP contribution < -0.4 is 0 Å². The highest BCUT2D eigenvalue weighted by atomic mass is 16.5. The molecule has 0 unspecified atom stereocenters. The third-order valence-corrected chi connectivity index (χ3v) is 5.28. The van der Waals surface area contributed by atoms with Crippen LogP contribution in [-0.2, 0) is 17.7 Å². The Labute approximate surface area is 143 Å². The Hall–Kier alpha value is -1.85. The normalized spacial score (nSPS) is 23.6. The van der Waals surface area contributed by atoms with Crippen LogP contribution in [0.25, 0.3) is 0 Å². The summed E-state index contributed by atoms with van der Waals surface area (Å²) in [5.74, 6) is 0.573. The molecule has 2 aromatic rings. The fourth-order valence-corrected chi connectivity index (χ4v) is 3.99. The van der Waals surface area contributed by atoms with Crippen molar-refractivity contribution in [2.24, 2.45) is 5.92 Å². The van der Waals surface area contributed by atoms with Crippen LogP contribution >= 0.6 is 0 Å². The van der Waals surface area contributed by atoms with E-state index in [1.807, 2.05) is 18.5 Å². The molecule has 2 fully saturated rings. The van der Waals surface area contributed by atoms with Crippen molar-refractivity contribution in [2.75, 3.05) is 19.7 Å². The number of likely N-dealkylation sites (tertiary alicyclic amines) is 1. The summed E-state index contributed by atoms with van der Waals surface area (Å²) >= 11 is 0. The second-order valence-corrected chi connectivity index (χ2v) is 7.06. The molecule has 126 valence electrons. The van der Waals surface area contributed by atoms with Gasteiger partial charge in [0.2, 0.25) is 0 Å². The zero-order valence-corrected chi connectivity index (χ0v) is 14.0. The number of hydrogen-bond acceptors (Lipinski definition) is 5. The molecule has 24 heavy (non-hydrogen) atoms. The minimum atomic E-state index is 0.0908. The number of ether oxygens (including phenoxy) is 1. The molecule has 4 rings (SSSR count). The first-order valence-electron chi connectivity index (χ1n) is 8.82. The number of aromatic nitrogens is 3. The Morgan fingerprint density at radius 1 is 1.08 bits per heavy atom. The summed E-state index contributed by atoms with van der Waals surface area (Å²) in [7, 11) is 0. The summed E-state index contributed by atoms with van der Waals surface area (Å²) in [5, 5.41) is 0. The van der Waals surface area contributed by atoms with E-state index in [-0.39, 0.29) is 5.60 Å². The van der Waals surface area contributed by atoms with Gasteiger partial charge in [-0.1, -0.05) is 6.07 Å². The van der Waals surface area contributed by atoms with Crippen LogP contribution in [0, 0.1) is 5.92 Å². The van der Waals surface area contributed by atoms with Gasteiger partial charge in [0.05, 0.1) is 23.6 Å². The van der Waals surface area contributed by atoms with Crippen LogP contribution in [-0.4, -0.2) is 45.1 Å². The van der Waals surface area contributed by atoms with Crippen molar-refractivity contribution in [3.8, 4) is 0 Å². The second-order valence-electron chi connectivity index (χ2n) is 7.06. The molecule has 2 aromatic heterocycles. The van der Waals surface area contributed by atoms with Crippen LogP contribution in [0.1, 0.15) is 30.7 Å². The fraction of sp³-hybridized carbons (Fsp3) is 0.526. The minimum absolute atomic E-state index is 0.0908. The van der Waals surface area contributed by atoms with E-state index in [0.29, 0.717) is 5.92 Å². The quantitative estimate of drug-likeness (QED) is 0.865. The minimum Gasteiger partial charge on any atom is -0.375 e. The predicted molar refractivity (Wildman–Crippen MR) is 91.3 cm³/mol. The third kappa shape index (κ3) is 3.62. The largest absolute Gasteiger partial charge is 0.375 e. The van der Waals surface area contributed by atoms with Crippen molar-refractivity contribution in [1.82, 2.24) is 19.9 Å². The monoisotopic (exact) mass is 324 g/mol. The van der Waals surface area contributed by atoms with Gasteiger partial charge in [-0.25, -0.2) is 0 Å². The highest BCUT2D eigenvalue weighted by Gasteiger charge is 2.42. The van der Waals surface area contributed by atoms with Gasteiger partial charge >= 0.3 is 0 Å². The Balaban J connectivity index is 1.29. The summed E-state index contributed by atoms with van der Waals surface area (Å²) in [4.78, 5) is 15.5. The van der Waals surface area contributed by atoms with Crippen LogP contribution in [0.2, 0.25) is 0 Å². The van der Waals surface area contributed by atoms with E-state index < -0.39 is 0 Å². The molecule has 0 aliphatic carbocycles. The predicted octanol–water partition coefficient (Wildman–Crippen LogP) is 2.49. The molecule has 2 aliphatic heterocycles. The van der Waals surface area contributed by atoms with Crippen LogP contribution in [0.5, 0.6) is 0 Å². The number of piperidine rings is 1. The molecule has 1 atom stereocenters. The molecule has 0 amide bonds. The molecule has 0 aromatic carbocycles. The summed E-state index contributed by atoms with van der Waals surface area (Å²) in [6.45, 7) is 3.99. The first kappa shape index (κ1) is 15.7. The van der Waals surface area contributed by atoms with Gasteiger partial charge in [-0.2, -0.15) is 0 Å². The molecule has 5 nitrogen and oxygen atoms in total. The first-order chi connectivity index (χ1) is 11.8. The first-order valence-corrected chi connectivity index (χ1v) is 8.82. The summed E-state index contributed by atoms with van der Waals surface area (Å²) in [6.07, 6.45) is 11.6. The summed E-state index contributed by atoms with van der Waals surface area (Å²) in [6, 6.07) is 6.14. The Bertz CT molecular complexity index is 641. The lowest BCUT2D eigenvalue weighted by Gasteiger charge is -2.38. The molecule has 1 spiro atoms. The molecule has 0 N–H and O–H groups in total. The number of hydrogen-bond donors (Lipinski definition) is 0. The zero-order valence-electron chi connectivity index (χ0n) is 14.0. The number of nitrogens with zero attached hydrogens (tertiary/aromatic N) is 4. The van der Waals surface area contributed by atoms with Gasteiger partial charge in [-0.05, 0) is 43.7 Å². The average molecular weight is 324 g/mol. The van der Waals surface area contributed by atoms with Gasteiger partial charge in [0.25, 0.3) is 0 Å². The van der Waals surface area contributed by atoms with Crippen molar-refractivity contribution < 1.29 is 4.74 Å². The lowest BCUT2D eigenvalue weighted by Crippen LogP contribution is -2.43. The molecule has 2 aliphatic rings. The molecule has 5 heteroatoms. The van der Waals surface area contributed by atoms with E-state index in [1.165, 1.54) is 0 Å². The van der Waals surface area contributed by atoms with Crippen molar-refractivity contribution in [1.29, 1.82) is 0 Å². The molecule has 2 saturated heterocycles. The van der Waals surface area contributed by atoms with Gasteiger partial charge in [0.15, 0.2) is 0 Å². The standard InChI is InChI=1S/C19H24N4O/c1-2-6-21-17(3-1)14-23-9-4-19(5-10-23)12-16(15-24-19)11-18-13-20-7-8-22-18/h1-3,6-8,13,16H,4-5,9-12,14-15H2/t16-/m0/s1. The SMILES string of the molecule is c1ccc(CN2CCC3(CC2)C[C@H](Cc2cnccn2)CO3)nc1.